The van der Waals surface area contributed by atoms with Crippen molar-refractivity contribution >= 4 is 5.91 Å². The van der Waals surface area contributed by atoms with Crippen molar-refractivity contribution in [2.24, 2.45) is 5.92 Å². The van der Waals surface area contributed by atoms with Crippen LogP contribution in [0.15, 0.2) is 18.2 Å². The molecule has 1 aromatic rings. The Balaban J connectivity index is 1.57. The summed E-state index contributed by atoms with van der Waals surface area (Å²) in [6, 6.07) is 3.62. The third kappa shape index (κ3) is 3.75. The Morgan fingerprint density at radius 3 is 2.46 bits per heavy atom. The number of carbonyl (C=O) groups excluding carboxylic acids is 1. The first-order chi connectivity index (χ1) is 11.6. The molecule has 0 aromatic heterocycles. The van der Waals surface area contributed by atoms with Crippen LogP contribution in [0.4, 0.5) is 8.78 Å². The van der Waals surface area contributed by atoms with Crippen molar-refractivity contribution in [3.8, 4) is 0 Å². The van der Waals surface area contributed by atoms with Gasteiger partial charge in [-0.2, -0.15) is 0 Å². The number of halogens is 2. The summed E-state index contributed by atoms with van der Waals surface area (Å²) in [6.07, 6.45) is 1.83. The topological polar surface area (TPSA) is 35.6 Å². The molecule has 1 aromatic carbocycles. The number of piperidine rings is 1. The summed E-state index contributed by atoms with van der Waals surface area (Å²) in [4.78, 5) is 16.7. The fraction of sp³-hybridized carbons (Fsp3) is 0.611. The molecule has 6 heteroatoms. The van der Waals surface area contributed by atoms with Gasteiger partial charge < -0.3 is 10.2 Å². The number of amides is 1. The van der Waals surface area contributed by atoms with Crippen molar-refractivity contribution in [1.29, 1.82) is 0 Å². The molecule has 0 spiro atoms. The van der Waals surface area contributed by atoms with Gasteiger partial charge in [-0.3, -0.25) is 9.69 Å². The maximum atomic E-state index is 14.0. The molecule has 3 rings (SSSR count). The van der Waals surface area contributed by atoms with E-state index in [0.29, 0.717) is 31.7 Å². The average Bonchev–Trinajstić information content (AvgIpc) is 2.61. The van der Waals surface area contributed by atoms with Crippen LogP contribution in [0.3, 0.4) is 0 Å². The van der Waals surface area contributed by atoms with Gasteiger partial charge in [-0.15, -0.1) is 0 Å². The Labute approximate surface area is 141 Å². The van der Waals surface area contributed by atoms with Gasteiger partial charge in [0.1, 0.15) is 11.6 Å². The van der Waals surface area contributed by atoms with Gasteiger partial charge in [0.05, 0.1) is 0 Å². The molecule has 0 aliphatic carbocycles. The Morgan fingerprint density at radius 2 is 1.83 bits per heavy atom. The summed E-state index contributed by atoms with van der Waals surface area (Å²) < 4.78 is 27.0. The van der Waals surface area contributed by atoms with E-state index in [1.54, 1.807) is 0 Å². The van der Waals surface area contributed by atoms with Crippen LogP contribution < -0.4 is 5.32 Å². The summed E-state index contributed by atoms with van der Waals surface area (Å²) in [5.41, 5.74) is 0.509. The maximum Gasteiger partial charge on any atom is 0.225 e. The third-order valence-electron chi connectivity index (χ3n) is 5.27. The van der Waals surface area contributed by atoms with E-state index in [0.717, 1.165) is 32.0 Å². The van der Waals surface area contributed by atoms with Crippen molar-refractivity contribution < 1.29 is 13.6 Å². The molecule has 2 aliphatic heterocycles. The molecular weight excluding hydrogens is 312 g/mol. The van der Waals surface area contributed by atoms with Gasteiger partial charge in [-0.25, -0.2) is 8.78 Å². The molecule has 1 atom stereocenters. The minimum Gasteiger partial charge on any atom is -0.340 e. The number of rotatable bonds is 3. The summed E-state index contributed by atoms with van der Waals surface area (Å²) >= 11 is 0. The first kappa shape index (κ1) is 17.3. The highest BCUT2D eigenvalue weighted by Gasteiger charge is 2.30. The Morgan fingerprint density at radius 1 is 1.17 bits per heavy atom. The molecule has 0 unspecified atom stereocenters. The Bertz CT molecular complexity index is 582. The van der Waals surface area contributed by atoms with Crippen LogP contribution in [0.2, 0.25) is 0 Å². The highest BCUT2D eigenvalue weighted by molar-refractivity contribution is 5.79. The van der Waals surface area contributed by atoms with Crippen LogP contribution in [0.5, 0.6) is 0 Å². The number of carbonyl (C=O) groups is 1. The van der Waals surface area contributed by atoms with E-state index in [4.69, 9.17) is 0 Å². The van der Waals surface area contributed by atoms with Crippen LogP contribution in [0.1, 0.15) is 31.4 Å². The zero-order chi connectivity index (χ0) is 17.1. The average molecular weight is 337 g/mol. The summed E-state index contributed by atoms with van der Waals surface area (Å²) in [5, 5.41) is 3.28. The van der Waals surface area contributed by atoms with E-state index >= 15 is 0 Å². The fourth-order valence-electron chi connectivity index (χ4n) is 3.69. The molecule has 2 aliphatic rings. The normalized spacial score (nSPS) is 21.7. The van der Waals surface area contributed by atoms with Crippen molar-refractivity contribution in [1.82, 2.24) is 15.1 Å². The van der Waals surface area contributed by atoms with Crippen LogP contribution >= 0.6 is 0 Å². The van der Waals surface area contributed by atoms with Gasteiger partial charge in [0.15, 0.2) is 0 Å². The van der Waals surface area contributed by atoms with E-state index in [2.05, 4.69) is 10.2 Å². The molecule has 1 amide bonds. The van der Waals surface area contributed by atoms with Crippen molar-refractivity contribution in [3.05, 3.63) is 35.4 Å². The number of nitrogens with one attached hydrogen (secondary N) is 1. The van der Waals surface area contributed by atoms with Crippen molar-refractivity contribution in [2.45, 2.75) is 25.8 Å². The second-order valence-electron chi connectivity index (χ2n) is 6.73. The summed E-state index contributed by atoms with van der Waals surface area (Å²) in [6.45, 7) is 6.55. The number of benzene rings is 1. The van der Waals surface area contributed by atoms with Gasteiger partial charge in [-0.05, 0) is 38.9 Å². The lowest BCUT2D eigenvalue weighted by Crippen LogP contribution is -2.51. The van der Waals surface area contributed by atoms with Crippen LogP contribution in [-0.2, 0) is 4.79 Å². The van der Waals surface area contributed by atoms with E-state index < -0.39 is 11.6 Å². The molecule has 0 saturated carbocycles. The van der Waals surface area contributed by atoms with Gasteiger partial charge in [0.25, 0.3) is 0 Å². The molecule has 24 heavy (non-hydrogen) atoms. The van der Waals surface area contributed by atoms with Crippen LogP contribution in [-0.4, -0.2) is 55.0 Å². The Kier molecular flexibility index (Phi) is 5.46. The number of piperazine rings is 1. The first-order valence-corrected chi connectivity index (χ1v) is 8.75. The molecule has 4 nitrogen and oxygen atoms in total. The minimum atomic E-state index is -0.555. The highest BCUT2D eigenvalue weighted by atomic mass is 19.1. The zero-order valence-electron chi connectivity index (χ0n) is 14.1. The van der Waals surface area contributed by atoms with Crippen molar-refractivity contribution in [2.75, 3.05) is 39.3 Å². The second kappa shape index (κ2) is 7.57. The number of hydrogen-bond donors (Lipinski definition) is 1. The quantitative estimate of drug-likeness (QED) is 0.918. The monoisotopic (exact) mass is 337 g/mol. The fourth-order valence-corrected chi connectivity index (χ4v) is 3.69. The highest BCUT2D eigenvalue weighted by Crippen LogP contribution is 2.25. The van der Waals surface area contributed by atoms with Gasteiger partial charge >= 0.3 is 0 Å². The predicted molar refractivity (Wildman–Crippen MR) is 88.5 cm³/mol. The number of hydrogen-bond acceptors (Lipinski definition) is 3. The maximum absolute atomic E-state index is 14.0. The third-order valence-corrected chi connectivity index (χ3v) is 5.27. The molecule has 2 saturated heterocycles. The second-order valence-corrected chi connectivity index (χ2v) is 6.73. The summed E-state index contributed by atoms with van der Waals surface area (Å²) in [5.74, 6) is -0.655. The zero-order valence-corrected chi connectivity index (χ0v) is 14.1. The lowest BCUT2D eigenvalue weighted by Gasteiger charge is -2.40. The number of nitrogens with zero attached hydrogens (tertiary/aromatic N) is 2. The van der Waals surface area contributed by atoms with E-state index in [1.165, 1.54) is 12.1 Å². The van der Waals surface area contributed by atoms with Crippen molar-refractivity contribution in [3.63, 3.8) is 0 Å². The van der Waals surface area contributed by atoms with E-state index in [-0.39, 0.29) is 17.9 Å². The summed E-state index contributed by atoms with van der Waals surface area (Å²) in [7, 11) is 0. The SMILES string of the molecule is C[C@H](c1ccc(F)cc1F)N1CCN(C(=O)C2CCNCC2)CC1. The molecule has 132 valence electrons. The van der Waals surface area contributed by atoms with E-state index in [9.17, 15) is 13.6 Å². The van der Waals surface area contributed by atoms with Gasteiger partial charge in [0, 0.05) is 49.8 Å². The smallest absolute Gasteiger partial charge is 0.225 e. The van der Waals surface area contributed by atoms with Gasteiger partial charge in [0.2, 0.25) is 5.91 Å². The predicted octanol–water partition coefficient (Wildman–Crippen LogP) is 2.17. The molecule has 0 radical (unpaired) electrons. The molecule has 2 fully saturated rings. The lowest BCUT2D eigenvalue weighted by molar-refractivity contribution is -0.138. The van der Waals surface area contributed by atoms with Gasteiger partial charge in [-0.1, -0.05) is 6.07 Å². The largest absolute Gasteiger partial charge is 0.340 e. The van der Waals surface area contributed by atoms with Crippen LogP contribution in [0.25, 0.3) is 0 Å². The minimum absolute atomic E-state index is 0.123. The molecule has 0 bridgehead atoms. The molecule has 1 N–H and O–H groups in total. The molecular formula is C18H25F2N3O. The Hall–Kier alpha value is -1.53. The molecule has 2 heterocycles. The van der Waals surface area contributed by atoms with E-state index in [1.807, 2.05) is 11.8 Å². The van der Waals surface area contributed by atoms with Crippen LogP contribution in [0, 0.1) is 17.6 Å². The standard InChI is InChI=1S/C18H25F2N3O/c1-13(16-3-2-15(19)12-17(16)20)22-8-10-23(11-9-22)18(24)14-4-6-21-7-5-14/h2-3,12-14,21H,4-11H2,1H3/t13-/m1/s1. The first-order valence-electron chi connectivity index (χ1n) is 8.75. The lowest BCUT2D eigenvalue weighted by atomic mass is 9.96.